The van der Waals surface area contributed by atoms with Crippen LogP contribution in [0.4, 0.5) is 0 Å². The van der Waals surface area contributed by atoms with Gasteiger partial charge in [-0.15, -0.1) is 0 Å². The Morgan fingerprint density at radius 3 is 2.56 bits per heavy atom. The lowest BCUT2D eigenvalue weighted by molar-refractivity contribution is 0.644. The van der Waals surface area contributed by atoms with Gasteiger partial charge >= 0.3 is 0 Å². The van der Waals surface area contributed by atoms with Gasteiger partial charge in [0.1, 0.15) is 0 Å². The largest absolute Gasteiger partial charge is 0.0801 e. The molecular weight excluding hydrogens is 192 g/mol. The molecule has 0 nitrogen and oxygen atoms in total. The molecule has 77 valence electrons. The second-order valence-electron chi connectivity index (χ2n) is 4.82. The van der Waals surface area contributed by atoms with E-state index >= 15 is 0 Å². The van der Waals surface area contributed by atoms with Crippen molar-refractivity contribution in [2.45, 2.75) is 18.8 Å². The third-order valence-corrected chi connectivity index (χ3v) is 3.92. The summed E-state index contributed by atoms with van der Waals surface area (Å²) in [6.07, 6.45) is 7.25. The Hall–Kier alpha value is -1.56. The molecule has 2 aromatic carbocycles. The van der Waals surface area contributed by atoms with Crippen LogP contribution in [0.15, 0.2) is 48.6 Å². The van der Waals surface area contributed by atoms with Crippen LogP contribution < -0.4 is 0 Å². The van der Waals surface area contributed by atoms with Crippen LogP contribution in [-0.2, 0) is 0 Å². The van der Waals surface area contributed by atoms with E-state index in [1.807, 2.05) is 0 Å². The molecule has 0 spiro atoms. The third-order valence-electron chi connectivity index (χ3n) is 3.92. The smallest absolute Gasteiger partial charge is 0.0267 e. The highest BCUT2D eigenvalue weighted by Gasteiger charge is 2.29. The van der Waals surface area contributed by atoms with Crippen molar-refractivity contribution in [2.75, 3.05) is 0 Å². The molecule has 1 unspecified atom stereocenters. The van der Waals surface area contributed by atoms with E-state index in [0.717, 1.165) is 0 Å². The molecule has 3 aliphatic rings. The summed E-state index contributed by atoms with van der Waals surface area (Å²) in [4.78, 5) is 0. The van der Waals surface area contributed by atoms with Gasteiger partial charge in [-0.1, -0.05) is 42.5 Å². The highest BCUT2D eigenvalue weighted by Crippen LogP contribution is 2.45. The third kappa shape index (κ3) is 1.05. The van der Waals surface area contributed by atoms with E-state index in [-0.39, 0.29) is 0 Å². The molecule has 0 heterocycles. The normalized spacial score (nSPS) is 22.6. The van der Waals surface area contributed by atoms with Crippen LogP contribution in [0.2, 0.25) is 0 Å². The lowest BCUT2D eigenvalue weighted by Crippen LogP contribution is -2.17. The molecular formula is C16H13. The van der Waals surface area contributed by atoms with Crippen molar-refractivity contribution in [3.05, 3.63) is 65.6 Å². The topological polar surface area (TPSA) is 0 Å². The Kier molecular flexibility index (Phi) is 1.59. The average Bonchev–Trinajstić information content (AvgIpc) is 2.38. The minimum atomic E-state index is 0.664. The molecule has 0 saturated heterocycles. The summed E-state index contributed by atoms with van der Waals surface area (Å²) in [7, 11) is 0. The second-order valence-corrected chi connectivity index (χ2v) is 4.82. The van der Waals surface area contributed by atoms with E-state index in [1.165, 1.54) is 35.1 Å². The molecule has 0 fully saturated rings. The molecule has 0 heteroatoms. The lowest BCUT2D eigenvalue weighted by atomic mass is 9.71. The summed E-state index contributed by atoms with van der Waals surface area (Å²) in [6.45, 7) is 0. The van der Waals surface area contributed by atoms with Gasteiger partial charge in [0.15, 0.2) is 0 Å². The number of benzene rings is 2. The fraction of sp³-hybridized carbons (Fsp3) is 0.188. The number of allylic oxidation sites excluding steroid dienone is 2. The molecule has 5 rings (SSSR count). The van der Waals surface area contributed by atoms with Gasteiger partial charge in [-0.2, -0.15) is 0 Å². The van der Waals surface area contributed by atoms with Crippen LogP contribution in [0.1, 0.15) is 29.9 Å². The standard InChI is InChI=1S/C16H13/c1-2-4-14-10-16-12-7-5-11(6-8-12)15(16)9-13(14)3-1/h1-5,7,9-11H,6,8H2. The Morgan fingerprint density at radius 1 is 1.00 bits per heavy atom. The van der Waals surface area contributed by atoms with Crippen molar-refractivity contribution in [3.63, 3.8) is 0 Å². The fourth-order valence-electron chi connectivity index (χ4n) is 3.05. The summed E-state index contributed by atoms with van der Waals surface area (Å²) < 4.78 is 0. The quantitative estimate of drug-likeness (QED) is 0.604. The molecule has 0 aliphatic heterocycles. The molecule has 1 radical (unpaired) electrons. The predicted molar refractivity (Wildman–Crippen MR) is 67.4 cm³/mol. The zero-order valence-corrected chi connectivity index (χ0v) is 9.11. The first-order valence-corrected chi connectivity index (χ1v) is 5.99. The van der Waals surface area contributed by atoms with Crippen LogP contribution in [-0.4, -0.2) is 0 Å². The van der Waals surface area contributed by atoms with Crippen LogP contribution in [0, 0.1) is 5.92 Å². The Morgan fingerprint density at radius 2 is 1.81 bits per heavy atom. The first-order chi connectivity index (χ1) is 7.92. The molecule has 0 amide bonds. The van der Waals surface area contributed by atoms with Crippen molar-refractivity contribution in [1.82, 2.24) is 0 Å². The molecule has 2 bridgehead atoms. The van der Waals surface area contributed by atoms with Crippen LogP contribution in [0.5, 0.6) is 0 Å². The van der Waals surface area contributed by atoms with Crippen molar-refractivity contribution in [1.29, 1.82) is 0 Å². The van der Waals surface area contributed by atoms with Gasteiger partial charge in [0.25, 0.3) is 0 Å². The Labute approximate surface area is 95.6 Å². The zero-order valence-electron chi connectivity index (χ0n) is 9.11. The summed E-state index contributed by atoms with van der Waals surface area (Å²) >= 11 is 0. The summed E-state index contributed by atoms with van der Waals surface area (Å²) in [5.41, 5.74) is 3.04. The van der Waals surface area contributed by atoms with Crippen molar-refractivity contribution in [2.24, 2.45) is 0 Å². The Bertz CT molecular complexity index is 540. The van der Waals surface area contributed by atoms with Crippen molar-refractivity contribution in [3.8, 4) is 0 Å². The monoisotopic (exact) mass is 205 g/mol. The summed E-state index contributed by atoms with van der Waals surface area (Å²) in [5.74, 6) is 2.19. The first kappa shape index (κ1) is 8.58. The molecule has 0 aromatic heterocycles. The van der Waals surface area contributed by atoms with Gasteiger partial charge in [-0.25, -0.2) is 0 Å². The maximum Gasteiger partial charge on any atom is 0.0267 e. The van der Waals surface area contributed by atoms with Gasteiger partial charge in [-0.05, 0) is 40.8 Å². The molecule has 16 heavy (non-hydrogen) atoms. The molecule has 3 aliphatic carbocycles. The highest BCUT2D eigenvalue weighted by molar-refractivity contribution is 5.85. The maximum atomic E-state index is 2.39. The first-order valence-electron chi connectivity index (χ1n) is 5.99. The van der Waals surface area contributed by atoms with Gasteiger partial charge in [-0.3, -0.25) is 0 Å². The minimum Gasteiger partial charge on any atom is -0.0801 e. The summed E-state index contributed by atoms with van der Waals surface area (Å²) in [6, 6.07) is 13.4. The fourth-order valence-corrected chi connectivity index (χ4v) is 3.05. The van der Waals surface area contributed by atoms with Crippen LogP contribution >= 0.6 is 0 Å². The van der Waals surface area contributed by atoms with E-state index in [9.17, 15) is 0 Å². The lowest BCUT2D eigenvalue weighted by Gasteiger charge is -2.33. The average molecular weight is 205 g/mol. The van der Waals surface area contributed by atoms with Gasteiger partial charge in [0.05, 0.1) is 0 Å². The zero-order chi connectivity index (χ0) is 10.5. The SMILES string of the molecule is C1=CC2CC[C]1c1cc3ccccc3cc12. The summed E-state index contributed by atoms with van der Waals surface area (Å²) in [5, 5.41) is 2.75. The Balaban J connectivity index is 2.06. The van der Waals surface area contributed by atoms with E-state index in [2.05, 4.69) is 48.6 Å². The molecule has 0 N–H and O–H groups in total. The number of rotatable bonds is 0. The van der Waals surface area contributed by atoms with Crippen molar-refractivity contribution >= 4 is 10.8 Å². The van der Waals surface area contributed by atoms with E-state index in [4.69, 9.17) is 0 Å². The second kappa shape index (κ2) is 2.98. The predicted octanol–water partition coefficient (Wildman–Crippen LogP) is 4.21. The van der Waals surface area contributed by atoms with E-state index in [1.54, 1.807) is 5.56 Å². The molecule has 2 aromatic rings. The number of hydrogen-bond donors (Lipinski definition) is 0. The minimum absolute atomic E-state index is 0.664. The van der Waals surface area contributed by atoms with E-state index < -0.39 is 0 Å². The number of fused-ring (bicyclic) bond motifs is 2. The van der Waals surface area contributed by atoms with Gasteiger partial charge < -0.3 is 0 Å². The van der Waals surface area contributed by atoms with Crippen LogP contribution in [0.25, 0.3) is 10.8 Å². The van der Waals surface area contributed by atoms with Crippen LogP contribution in [0.3, 0.4) is 0 Å². The highest BCUT2D eigenvalue weighted by atomic mass is 14.3. The maximum absolute atomic E-state index is 2.39. The molecule has 0 saturated carbocycles. The molecule has 1 atom stereocenters. The number of hydrogen-bond acceptors (Lipinski definition) is 0. The van der Waals surface area contributed by atoms with Gasteiger partial charge in [0.2, 0.25) is 0 Å². The van der Waals surface area contributed by atoms with E-state index in [0.29, 0.717) is 5.92 Å². The van der Waals surface area contributed by atoms with Crippen molar-refractivity contribution < 1.29 is 0 Å². The van der Waals surface area contributed by atoms with Gasteiger partial charge in [0, 0.05) is 11.8 Å².